The SMILES string of the molecule is C1=CC2=C(c3ccccc3)CCCC2=C1. The molecule has 0 aromatic heterocycles. The lowest BCUT2D eigenvalue weighted by molar-refractivity contribution is 0.826. The van der Waals surface area contributed by atoms with Gasteiger partial charge in [0.2, 0.25) is 0 Å². The zero-order valence-corrected chi connectivity index (χ0v) is 8.74. The lowest BCUT2D eigenvalue weighted by Crippen LogP contribution is -1.99. The minimum atomic E-state index is 1.22. The Kier molecular flexibility index (Phi) is 2.06. The Hall–Kier alpha value is -1.56. The van der Waals surface area contributed by atoms with Gasteiger partial charge in [-0.15, -0.1) is 0 Å². The number of allylic oxidation sites excluding steroid dienone is 6. The van der Waals surface area contributed by atoms with Crippen LogP contribution < -0.4 is 0 Å². The van der Waals surface area contributed by atoms with Gasteiger partial charge in [-0.25, -0.2) is 0 Å². The van der Waals surface area contributed by atoms with Gasteiger partial charge in [-0.1, -0.05) is 48.6 Å². The molecule has 0 radical (unpaired) electrons. The summed E-state index contributed by atoms with van der Waals surface area (Å²) in [5.41, 5.74) is 5.93. The molecule has 15 heavy (non-hydrogen) atoms. The molecule has 2 aliphatic carbocycles. The number of hydrogen-bond acceptors (Lipinski definition) is 0. The van der Waals surface area contributed by atoms with Gasteiger partial charge in [-0.05, 0) is 41.5 Å². The summed E-state index contributed by atoms with van der Waals surface area (Å²) in [5.74, 6) is 0. The van der Waals surface area contributed by atoms with Gasteiger partial charge in [0.1, 0.15) is 0 Å². The van der Waals surface area contributed by atoms with Gasteiger partial charge in [0.25, 0.3) is 0 Å². The minimum absolute atomic E-state index is 1.22. The van der Waals surface area contributed by atoms with Gasteiger partial charge in [0, 0.05) is 0 Å². The van der Waals surface area contributed by atoms with Crippen LogP contribution in [0.25, 0.3) is 5.57 Å². The molecule has 0 N–H and O–H groups in total. The summed E-state index contributed by atoms with van der Waals surface area (Å²) in [6.45, 7) is 0. The van der Waals surface area contributed by atoms with Crippen molar-refractivity contribution >= 4 is 5.57 Å². The van der Waals surface area contributed by atoms with E-state index in [0.717, 1.165) is 0 Å². The first kappa shape index (κ1) is 8.72. The summed E-state index contributed by atoms with van der Waals surface area (Å²) in [6, 6.07) is 10.8. The molecule has 0 bridgehead atoms. The van der Waals surface area contributed by atoms with Gasteiger partial charge in [-0.3, -0.25) is 0 Å². The highest BCUT2D eigenvalue weighted by molar-refractivity contribution is 5.78. The van der Waals surface area contributed by atoms with Crippen molar-refractivity contribution in [2.75, 3.05) is 0 Å². The van der Waals surface area contributed by atoms with Crippen LogP contribution in [0.4, 0.5) is 0 Å². The number of fused-ring (bicyclic) bond motifs is 1. The fourth-order valence-corrected chi connectivity index (χ4v) is 2.50. The van der Waals surface area contributed by atoms with Gasteiger partial charge < -0.3 is 0 Å². The van der Waals surface area contributed by atoms with Crippen LogP contribution >= 0.6 is 0 Å². The van der Waals surface area contributed by atoms with E-state index in [-0.39, 0.29) is 0 Å². The Balaban J connectivity index is 2.12. The molecule has 74 valence electrons. The topological polar surface area (TPSA) is 0 Å². The van der Waals surface area contributed by atoms with E-state index in [1.165, 1.54) is 41.5 Å². The Labute approximate surface area is 90.6 Å². The van der Waals surface area contributed by atoms with Crippen molar-refractivity contribution in [3.05, 3.63) is 65.3 Å². The van der Waals surface area contributed by atoms with E-state index < -0.39 is 0 Å². The first-order valence-corrected chi connectivity index (χ1v) is 5.61. The van der Waals surface area contributed by atoms with E-state index in [1.807, 2.05) is 0 Å². The average molecular weight is 194 g/mol. The molecule has 1 aromatic rings. The second-order valence-corrected chi connectivity index (χ2v) is 4.16. The van der Waals surface area contributed by atoms with Crippen LogP contribution in [0.1, 0.15) is 24.8 Å². The number of benzene rings is 1. The third-order valence-corrected chi connectivity index (χ3v) is 3.23. The highest BCUT2D eigenvalue weighted by Gasteiger charge is 2.18. The van der Waals surface area contributed by atoms with E-state index in [1.54, 1.807) is 0 Å². The molecule has 0 saturated heterocycles. The first-order valence-electron chi connectivity index (χ1n) is 5.61. The highest BCUT2D eigenvalue weighted by atomic mass is 14.2. The molecule has 1 aromatic carbocycles. The number of rotatable bonds is 1. The predicted octanol–water partition coefficient (Wildman–Crippen LogP) is 4.12. The molecule has 0 nitrogen and oxygen atoms in total. The number of hydrogen-bond donors (Lipinski definition) is 0. The maximum absolute atomic E-state index is 2.26. The standard InChI is InChI=1S/C15H14/c1-2-6-12(7-3-1)14-10-4-8-13-9-5-11-15(13)14/h1-3,5-7,9,11H,4,8,10H2. The van der Waals surface area contributed by atoms with E-state index in [4.69, 9.17) is 0 Å². The Morgan fingerprint density at radius 1 is 0.933 bits per heavy atom. The minimum Gasteiger partial charge on any atom is -0.0622 e. The molecule has 2 aliphatic rings. The van der Waals surface area contributed by atoms with Crippen LogP contribution in [0.2, 0.25) is 0 Å². The van der Waals surface area contributed by atoms with Crippen molar-refractivity contribution in [1.82, 2.24) is 0 Å². The fourth-order valence-electron chi connectivity index (χ4n) is 2.50. The molecular formula is C15H14. The molecule has 0 amide bonds. The largest absolute Gasteiger partial charge is 0.0622 e. The second-order valence-electron chi connectivity index (χ2n) is 4.16. The molecule has 0 heterocycles. The summed E-state index contributed by atoms with van der Waals surface area (Å²) >= 11 is 0. The van der Waals surface area contributed by atoms with Crippen molar-refractivity contribution in [2.24, 2.45) is 0 Å². The predicted molar refractivity (Wildman–Crippen MR) is 64.4 cm³/mol. The van der Waals surface area contributed by atoms with Crippen LogP contribution in [0.5, 0.6) is 0 Å². The smallest absolute Gasteiger partial charge is 0.0186 e. The maximum atomic E-state index is 2.26. The van der Waals surface area contributed by atoms with E-state index >= 15 is 0 Å². The third kappa shape index (κ3) is 1.46. The molecule has 0 heteroatoms. The zero-order valence-electron chi connectivity index (χ0n) is 8.74. The molecule has 0 spiro atoms. The molecule has 0 aliphatic heterocycles. The lowest BCUT2D eigenvalue weighted by atomic mass is 9.85. The first-order chi connectivity index (χ1) is 7.45. The molecule has 0 fully saturated rings. The third-order valence-electron chi connectivity index (χ3n) is 3.23. The normalized spacial score (nSPS) is 19.1. The quantitative estimate of drug-likeness (QED) is 0.630. The lowest BCUT2D eigenvalue weighted by Gasteiger charge is -2.19. The van der Waals surface area contributed by atoms with E-state index in [9.17, 15) is 0 Å². The van der Waals surface area contributed by atoms with Gasteiger partial charge in [0.05, 0.1) is 0 Å². The van der Waals surface area contributed by atoms with Crippen molar-refractivity contribution < 1.29 is 0 Å². The van der Waals surface area contributed by atoms with Crippen LogP contribution in [0.3, 0.4) is 0 Å². The summed E-state index contributed by atoms with van der Waals surface area (Å²) in [4.78, 5) is 0. The molecular weight excluding hydrogens is 180 g/mol. The van der Waals surface area contributed by atoms with Crippen LogP contribution in [0.15, 0.2) is 59.7 Å². The molecule has 0 unspecified atom stereocenters. The van der Waals surface area contributed by atoms with Crippen molar-refractivity contribution in [3.63, 3.8) is 0 Å². The highest BCUT2D eigenvalue weighted by Crippen LogP contribution is 2.38. The monoisotopic (exact) mass is 194 g/mol. The van der Waals surface area contributed by atoms with Gasteiger partial charge >= 0.3 is 0 Å². The average Bonchev–Trinajstić information content (AvgIpc) is 2.78. The van der Waals surface area contributed by atoms with Crippen molar-refractivity contribution in [1.29, 1.82) is 0 Å². The van der Waals surface area contributed by atoms with Crippen molar-refractivity contribution in [2.45, 2.75) is 19.3 Å². The summed E-state index contributed by atoms with van der Waals surface area (Å²) in [6.07, 6.45) is 10.5. The summed E-state index contributed by atoms with van der Waals surface area (Å²) in [7, 11) is 0. The van der Waals surface area contributed by atoms with Crippen LogP contribution in [-0.4, -0.2) is 0 Å². The summed E-state index contributed by atoms with van der Waals surface area (Å²) < 4.78 is 0. The van der Waals surface area contributed by atoms with Gasteiger partial charge in [0.15, 0.2) is 0 Å². The van der Waals surface area contributed by atoms with E-state index in [0.29, 0.717) is 0 Å². The van der Waals surface area contributed by atoms with Crippen LogP contribution in [-0.2, 0) is 0 Å². The van der Waals surface area contributed by atoms with Gasteiger partial charge in [-0.2, -0.15) is 0 Å². The molecule has 0 saturated carbocycles. The summed E-state index contributed by atoms with van der Waals surface area (Å²) in [5, 5.41) is 0. The van der Waals surface area contributed by atoms with E-state index in [2.05, 4.69) is 48.6 Å². The Morgan fingerprint density at radius 3 is 2.67 bits per heavy atom. The molecule has 0 atom stereocenters. The second kappa shape index (κ2) is 3.54. The Morgan fingerprint density at radius 2 is 1.80 bits per heavy atom. The Bertz CT molecular complexity index is 458. The van der Waals surface area contributed by atoms with Crippen molar-refractivity contribution in [3.8, 4) is 0 Å². The zero-order chi connectivity index (χ0) is 10.1. The molecule has 3 rings (SSSR count). The maximum Gasteiger partial charge on any atom is -0.0186 e. The van der Waals surface area contributed by atoms with Crippen LogP contribution in [0, 0.1) is 0 Å². The fraction of sp³-hybridized carbons (Fsp3) is 0.200.